The molecule has 4 heteroatoms. The molecule has 1 saturated heterocycles. The van der Waals surface area contributed by atoms with E-state index in [-0.39, 0.29) is 10.5 Å². The molecular formula is C6H8N2OS. The number of anilines is 1. The van der Waals surface area contributed by atoms with Gasteiger partial charge in [-0.3, -0.25) is 0 Å². The lowest BCUT2D eigenvalue weighted by Crippen LogP contribution is -2.50. The van der Waals surface area contributed by atoms with E-state index >= 15 is 0 Å². The second-order valence-corrected chi connectivity index (χ2v) is 2.39. The van der Waals surface area contributed by atoms with Gasteiger partial charge in [-0.1, -0.05) is 0 Å². The Kier molecular flexibility index (Phi) is 0.484. The molecule has 3 nitrogen and oxygen atoms in total. The van der Waals surface area contributed by atoms with Gasteiger partial charge in [-0.05, 0) is 0 Å². The highest BCUT2D eigenvalue weighted by Gasteiger charge is 2.25. The van der Waals surface area contributed by atoms with Gasteiger partial charge in [0.1, 0.15) is 0 Å². The summed E-state index contributed by atoms with van der Waals surface area (Å²) in [5.74, 6) is 0. The average Bonchev–Trinajstić information content (AvgIpc) is 2.44. The number of hydrogen-bond acceptors (Lipinski definition) is 4. The van der Waals surface area contributed by atoms with Crippen LogP contribution in [0.15, 0.2) is 11.5 Å². The molecule has 0 aliphatic carbocycles. The summed E-state index contributed by atoms with van der Waals surface area (Å²) in [5, 5.41) is 8.98. The summed E-state index contributed by atoms with van der Waals surface area (Å²) in [5.41, 5.74) is 0. The smallest absolute Gasteiger partial charge is 0.185 e. The van der Waals surface area contributed by atoms with Gasteiger partial charge < -0.3 is 10.0 Å². The lowest BCUT2D eigenvalue weighted by Gasteiger charge is -2.35. The summed E-state index contributed by atoms with van der Waals surface area (Å²) in [4.78, 5) is 4.02. The Bertz CT molecular complexity index is 435. The molecule has 0 unspecified atom stereocenters. The van der Waals surface area contributed by atoms with Gasteiger partial charge in [-0.15, -0.1) is 11.3 Å². The first kappa shape index (κ1) is 2.19. The topological polar surface area (TPSA) is 36.4 Å². The molecule has 0 bridgehead atoms. The van der Waals surface area contributed by atoms with Crippen molar-refractivity contribution in [3.63, 3.8) is 0 Å². The monoisotopic (exact) mass is 163 g/mol. The van der Waals surface area contributed by atoms with Crippen molar-refractivity contribution in [2.75, 3.05) is 17.9 Å². The van der Waals surface area contributed by atoms with Crippen LogP contribution in [0.25, 0.3) is 0 Å². The third-order valence-electron chi connectivity index (χ3n) is 0.966. The molecule has 1 N–H and O–H groups in total. The highest BCUT2D eigenvalue weighted by Crippen LogP contribution is 2.22. The maximum absolute atomic E-state index is 9.43. The predicted molar refractivity (Wildman–Crippen MR) is 40.3 cm³/mol. The quantitative estimate of drug-likeness (QED) is 0.648. The lowest BCUT2D eigenvalue weighted by molar-refractivity contribution is 0.142. The van der Waals surface area contributed by atoms with Crippen LogP contribution in [0.4, 0.5) is 5.13 Å². The summed E-state index contributed by atoms with van der Waals surface area (Å²) >= 11 is 0.623. The van der Waals surface area contributed by atoms with Gasteiger partial charge in [0.25, 0.3) is 0 Å². The average molecular weight is 163 g/mol. The minimum Gasteiger partial charge on any atom is -0.389 e. The Morgan fingerprint density at radius 2 is 2.90 bits per heavy atom. The molecule has 0 radical (unpaired) electrons. The van der Waals surface area contributed by atoms with Gasteiger partial charge in [0.15, 0.2) is 5.13 Å². The number of rotatable bonds is 1. The predicted octanol–water partition coefficient (Wildman–Crippen LogP) is 0.324. The molecule has 1 aromatic rings. The minimum absolute atomic E-state index is 0.230. The van der Waals surface area contributed by atoms with Crippen LogP contribution in [0.2, 0.25) is 0 Å². The second-order valence-electron chi connectivity index (χ2n) is 1.62. The number of nitrogens with zero attached hydrogens (tertiary/aromatic N) is 2. The number of hydrogen-bond donors (Lipinski definition) is 1. The van der Waals surface area contributed by atoms with Crippen LogP contribution in [0.1, 0.15) is 9.60 Å². The molecule has 10 heavy (non-hydrogen) atoms. The first-order valence-corrected chi connectivity index (χ1v) is 3.32. The molecule has 0 amide bonds. The molecule has 0 atom stereocenters. The van der Waals surface area contributed by atoms with Crippen LogP contribution in [0.3, 0.4) is 0 Å². The fourth-order valence-corrected chi connectivity index (χ4v) is 1.02. The molecule has 2 rings (SSSR count). The third-order valence-corrected chi connectivity index (χ3v) is 1.62. The van der Waals surface area contributed by atoms with Crippen molar-refractivity contribution in [2.24, 2.45) is 0 Å². The number of aliphatic hydroxyl groups is 1. The Morgan fingerprint density at radius 1 is 2.10 bits per heavy atom. The molecule has 2 heterocycles. The molecule has 0 spiro atoms. The van der Waals surface area contributed by atoms with Crippen molar-refractivity contribution in [3.05, 3.63) is 11.5 Å². The summed E-state index contributed by atoms with van der Waals surface area (Å²) in [7, 11) is 0. The molecule has 1 fully saturated rings. The first-order chi connectivity index (χ1) is 7.53. The van der Waals surface area contributed by atoms with Crippen LogP contribution in [-0.4, -0.2) is 29.2 Å². The molecule has 1 aliphatic heterocycles. The van der Waals surface area contributed by atoms with E-state index in [4.69, 9.17) is 9.60 Å². The third kappa shape index (κ3) is 0.892. The van der Waals surface area contributed by atoms with E-state index in [9.17, 15) is 5.11 Å². The number of aromatic nitrogens is 1. The van der Waals surface area contributed by atoms with Crippen LogP contribution in [-0.2, 0) is 0 Å². The minimum atomic E-state index is -2.92. The summed E-state index contributed by atoms with van der Waals surface area (Å²) < 4.78 is 51.6. The van der Waals surface area contributed by atoms with Crippen LogP contribution < -0.4 is 4.90 Å². The Morgan fingerprint density at radius 3 is 3.50 bits per heavy atom. The van der Waals surface area contributed by atoms with Gasteiger partial charge in [0.2, 0.25) is 0 Å². The van der Waals surface area contributed by atoms with Crippen LogP contribution in [0, 0.1) is 0 Å². The number of β-amino-alcohol motifs (C(OH)–C–C–N with tert-alkyl or cyclic N) is 1. The molecule has 1 aliphatic rings. The zero-order valence-corrected chi connectivity index (χ0v) is 5.57. The van der Waals surface area contributed by atoms with E-state index in [2.05, 4.69) is 4.98 Å². The summed E-state index contributed by atoms with van der Waals surface area (Å²) in [6.07, 6.45) is -3.31. The van der Waals surface area contributed by atoms with E-state index in [0.717, 1.165) is 0 Å². The van der Waals surface area contributed by atoms with Crippen molar-refractivity contribution < 1.29 is 14.7 Å². The fraction of sp³-hybridized carbons (Fsp3) is 0.500. The summed E-state index contributed by atoms with van der Waals surface area (Å²) in [6, 6.07) is 0. The van der Waals surface area contributed by atoms with Crippen molar-refractivity contribution in [2.45, 2.75) is 6.08 Å². The van der Waals surface area contributed by atoms with E-state index in [1.165, 1.54) is 0 Å². The van der Waals surface area contributed by atoms with E-state index in [1.54, 1.807) is 0 Å². The lowest BCUT2D eigenvalue weighted by atomic mass is 10.2. The highest BCUT2D eigenvalue weighted by molar-refractivity contribution is 7.13. The standard InChI is InChI=1S/C6H8N2OS/c9-5-3-8(4-5)6-7-1-2-10-6/h1-2,5,9H,3-4H2/i1D,2D,3D2,4D2,5D. The maximum atomic E-state index is 9.43. The Balaban J connectivity index is 2.47. The second kappa shape index (κ2) is 2.21. The zero-order chi connectivity index (χ0) is 13.2. The van der Waals surface area contributed by atoms with Gasteiger partial charge >= 0.3 is 0 Å². The zero-order valence-electron chi connectivity index (χ0n) is 11.7. The SMILES string of the molecule is [2H]c1nc(N2C([2H])([2H])C([2H])(O)C2([2H])[2H])sc1[2H]. The van der Waals surface area contributed by atoms with Gasteiger partial charge in [0, 0.05) is 24.5 Å². The van der Waals surface area contributed by atoms with Crippen molar-refractivity contribution in [3.8, 4) is 0 Å². The van der Waals surface area contributed by atoms with Crippen molar-refractivity contribution in [1.29, 1.82) is 0 Å². The van der Waals surface area contributed by atoms with Gasteiger partial charge in [0.05, 0.1) is 15.7 Å². The van der Waals surface area contributed by atoms with Gasteiger partial charge in [-0.25, -0.2) is 4.98 Å². The van der Waals surface area contributed by atoms with Crippen LogP contribution in [0.5, 0.6) is 0 Å². The maximum Gasteiger partial charge on any atom is 0.185 e. The van der Waals surface area contributed by atoms with Crippen LogP contribution >= 0.6 is 11.3 Å². The summed E-state index contributed by atoms with van der Waals surface area (Å²) in [6.45, 7) is -5.32. The Hall–Kier alpha value is -0.610. The van der Waals surface area contributed by atoms with Gasteiger partial charge in [-0.2, -0.15) is 0 Å². The Labute approximate surface area is 72.8 Å². The molecule has 1 aromatic heterocycles. The normalized spacial score (nSPS) is 42.5. The van der Waals surface area contributed by atoms with E-state index in [0.29, 0.717) is 16.2 Å². The molecule has 0 saturated carbocycles. The molecular weight excluding hydrogens is 148 g/mol. The van der Waals surface area contributed by atoms with Crippen molar-refractivity contribution in [1.82, 2.24) is 4.98 Å². The fourth-order valence-electron chi connectivity index (χ4n) is 0.565. The first-order valence-electron chi connectivity index (χ1n) is 6.00. The largest absolute Gasteiger partial charge is 0.389 e. The highest BCUT2D eigenvalue weighted by atomic mass is 32.1. The number of thiazole rings is 1. The van der Waals surface area contributed by atoms with E-state index < -0.39 is 25.2 Å². The molecule has 54 valence electrons. The van der Waals surface area contributed by atoms with Crippen molar-refractivity contribution >= 4 is 16.5 Å². The van der Waals surface area contributed by atoms with E-state index in [1.807, 2.05) is 0 Å². The molecule has 0 aromatic carbocycles.